The van der Waals surface area contributed by atoms with Crippen molar-refractivity contribution in [2.24, 2.45) is 0 Å². The molecule has 32 heavy (non-hydrogen) atoms. The molecular formula is C23H25N5O3S. The van der Waals surface area contributed by atoms with E-state index in [1.807, 2.05) is 32.0 Å². The van der Waals surface area contributed by atoms with E-state index in [0.29, 0.717) is 17.0 Å². The molecule has 0 aliphatic rings. The van der Waals surface area contributed by atoms with Crippen LogP contribution in [0.4, 0.5) is 5.69 Å². The van der Waals surface area contributed by atoms with Crippen molar-refractivity contribution in [2.75, 3.05) is 12.4 Å². The van der Waals surface area contributed by atoms with Crippen molar-refractivity contribution in [3.63, 3.8) is 0 Å². The zero-order chi connectivity index (χ0) is 22.7. The van der Waals surface area contributed by atoms with Gasteiger partial charge in [0.25, 0.3) is 5.91 Å². The maximum absolute atomic E-state index is 12.9. The van der Waals surface area contributed by atoms with E-state index < -0.39 is 0 Å². The number of rotatable bonds is 8. The van der Waals surface area contributed by atoms with Crippen molar-refractivity contribution in [3.05, 3.63) is 53.9 Å². The molecular weight excluding hydrogens is 426 g/mol. The molecule has 1 N–H and O–H groups in total. The molecule has 0 spiro atoms. The Kier molecular flexibility index (Phi) is 6.36. The Morgan fingerprint density at radius 1 is 1.16 bits per heavy atom. The first-order valence-corrected chi connectivity index (χ1v) is 11.3. The predicted molar refractivity (Wildman–Crippen MR) is 125 cm³/mol. The van der Waals surface area contributed by atoms with E-state index in [1.54, 1.807) is 35.9 Å². The Balaban J connectivity index is 1.57. The number of aryl methyl sites for hydroxylation is 1. The molecule has 9 heteroatoms. The fourth-order valence-electron chi connectivity index (χ4n) is 3.13. The van der Waals surface area contributed by atoms with Crippen LogP contribution < -0.4 is 14.8 Å². The molecule has 0 saturated carbocycles. The van der Waals surface area contributed by atoms with Gasteiger partial charge >= 0.3 is 0 Å². The normalized spacial score (nSPS) is 12.0. The zero-order valence-electron chi connectivity index (χ0n) is 18.5. The summed E-state index contributed by atoms with van der Waals surface area (Å²) in [5, 5.41) is 16.7. The number of carbonyl (C=O) groups is 1. The van der Waals surface area contributed by atoms with Crippen molar-refractivity contribution in [2.45, 2.75) is 39.7 Å². The first kappa shape index (κ1) is 21.8. The van der Waals surface area contributed by atoms with E-state index in [1.165, 1.54) is 11.3 Å². The van der Waals surface area contributed by atoms with Crippen molar-refractivity contribution in [1.29, 1.82) is 0 Å². The maximum Gasteiger partial charge on any atom is 0.255 e. The van der Waals surface area contributed by atoms with Gasteiger partial charge in [0.05, 0.1) is 18.9 Å². The monoisotopic (exact) mass is 451 g/mol. The molecule has 8 nitrogen and oxygen atoms in total. The minimum atomic E-state index is -0.234. The summed E-state index contributed by atoms with van der Waals surface area (Å²) in [6.45, 7) is 6.09. The molecule has 1 amide bonds. The van der Waals surface area contributed by atoms with E-state index in [9.17, 15) is 4.79 Å². The SMILES string of the molecule is CCc1nnc2sc(-c3ccc(OC)c(NC(=O)c4ccc(O[C@H](C)CC)cc4)c3)nn12. The molecule has 4 aromatic rings. The lowest BCUT2D eigenvalue weighted by Crippen LogP contribution is -2.13. The van der Waals surface area contributed by atoms with Crippen LogP contribution in [0.1, 0.15) is 43.4 Å². The highest BCUT2D eigenvalue weighted by atomic mass is 32.1. The summed E-state index contributed by atoms with van der Waals surface area (Å²) in [5.41, 5.74) is 1.95. The number of benzene rings is 2. The second-order valence-electron chi connectivity index (χ2n) is 7.30. The molecule has 1 atom stereocenters. The fourth-order valence-corrected chi connectivity index (χ4v) is 3.98. The smallest absolute Gasteiger partial charge is 0.255 e. The lowest BCUT2D eigenvalue weighted by atomic mass is 10.1. The Labute approximate surface area is 190 Å². The molecule has 2 heterocycles. The molecule has 0 unspecified atom stereocenters. The number of nitrogens with zero attached hydrogens (tertiary/aromatic N) is 4. The van der Waals surface area contributed by atoms with Crippen LogP contribution in [0, 0.1) is 0 Å². The summed E-state index contributed by atoms with van der Waals surface area (Å²) in [6, 6.07) is 12.7. The summed E-state index contributed by atoms with van der Waals surface area (Å²) < 4.78 is 13.0. The second-order valence-corrected chi connectivity index (χ2v) is 8.26. The fraction of sp³-hybridized carbons (Fsp3) is 0.304. The molecule has 0 bridgehead atoms. The Morgan fingerprint density at radius 2 is 1.94 bits per heavy atom. The Hall–Kier alpha value is -3.46. The number of fused-ring (bicyclic) bond motifs is 1. The van der Waals surface area contributed by atoms with Crippen LogP contribution in [-0.2, 0) is 6.42 Å². The number of amides is 1. The highest BCUT2D eigenvalue weighted by Crippen LogP contribution is 2.33. The summed E-state index contributed by atoms with van der Waals surface area (Å²) in [7, 11) is 1.57. The van der Waals surface area contributed by atoms with Crippen molar-refractivity contribution < 1.29 is 14.3 Å². The van der Waals surface area contributed by atoms with Crippen LogP contribution in [-0.4, -0.2) is 38.9 Å². The van der Waals surface area contributed by atoms with Gasteiger partial charge in [-0.15, -0.1) is 10.2 Å². The van der Waals surface area contributed by atoms with Crippen LogP contribution >= 0.6 is 11.3 Å². The van der Waals surface area contributed by atoms with Crippen molar-refractivity contribution in [1.82, 2.24) is 19.8 Å². The van der Waals surface area contributed by atoms with Gasteiger partial charge in [0.1, 0.15) is 16.5 Å². The van der Waals surface area contributed by atoms with E-state index in [4.69, 9.17) is 9.47 Å². The number of carbonyl (C=O) groups excluding carboxylic acids is 1. The van der Waals surface area contributed by atoms with Gasteiger partial charge in [0, 0.05) is 17.5 Å². The molecule has 2 aromatic carbocycles. The first-order chi connectivity index (χ1) is 15.5. The molecule has 0 aliphatic heterocycles. The topological polar surface area (TPSA) is 90.6 Å². The van der Waals surface area contributed by atoms with Crippen molar-refractivity contribution in [3.8, 4) is 22.1 Å². The van der Waals surface area contributed by atoms with Gasteiger partial charge in [-0.3, -0.25) is 4.79 Å². The average Bonchev–Trinajstić information content (AvgIpc) is 3.40. The molecule has 0 radical (unpaired) electrons. The van der Waals surface area contributed by atoms with Gasteiger partial charge in [-0.25, -0.2) is 0 Å². The number of ether oxygens (including phenoxy) is 2. The largest absolute Gasteiger partial charge is 0.495 e. The lowest BCUT2D eigenvalue weighted by Gasteiger charge is -2.13. The quantitative estimate of drug-likeness (QED) is 0.412. The molecule has 0 saturated heterocycles. The van der Waals surface area contributed by atoms with Gasteiger partial charge in [-0.1, -0.05) is 25.2 Å². The van der Waals surface area contributed by atoms with Crippen LogP contribution in [0.15, 0.2) is 42.5 Å². The van der Waals surface area contributed by atoms with Gasteiger partial charge in [0.2, 0.25) is 4.96 Å². The highest BCUT2D eigenvalue weighted by molar-refractivity contribution is 7.19. The molecule has 2 aromatic heterocycles. The number of aromatic nitrogens is 4. The van der Waals surface area contributed by atoms with Crippen LogP contribution in [0.25, 0.3) is 15.5 Å². The number of nitrogens with one attached hydrogen (secondary N) is 1. The van der Waals surface area contributed by atoms with E-state index in [-0.39, 0.29) is 12.0 Å². The molecule has 4 rings (SSSR count). The number of methoxy groups -OCH3 is 1. The second kappa shape index (κ2) is 9.35. The Morgan fingerprint density at radius 3 is 2.62 bits per heavy atom. The molecule has 166 valence electrons. The summed E-state index contributed by atoms with van der Waals surface area (Å²) in [5.74, 6) is 1.88. The highest BCUT2D eigenvalue weighted by Gasteiger charge is 2.16. The Bertz CT molecular complexity index is 1230. The third-order valence-electron chi connectivity index (χ3n) is 5.09. The minimum absolute atomic E-state index is 0.125. The maximum atomic E-state index is 12.9. The number of hydrogen-bond donors (Lipinski definition) is 1. The predicted octanol–water partition coefficient (Wildman–Crippen LogP) is 4.85. The molecule has 0 fully saturated rings. The van der Waals surface area contributed by atoms with Gasteiger partial charge in [0.15, 0.2) is 5.82 Å². The van der Waals surface area contributed by atoms with E-state index in [2.05, 4.69) is 27.5 Å². The van der Waals surface area contributed by atoms with E-state index >= 15 is 0 Å². The number of hydrogen-bond acceptors (Lipinski definition) is 7. The van der Waals surface area contributed by atoms with Gasteiger partial charge < -0.3 is 14.8 Å². The number of anilines is 1. The zero-order valence-corrected chi connectivity index (χ0v) is 19.3. The first-order valence-electron chi connectivity index (χ1n) is 10.5. The molecule has 0 aliphatic carbocycles. The third-order valence-corrected chi connectivity index (χ3v) is 6.04. The average molecular weight is 452 g/mol. The lowest BCUT2D eigenvalue weighted by molar-refractivity contribution is 0.102. The third kappa shape index (κ3) is 4.43. The standard InChI is InChI=1S/C23H25N5O3S/c1-5-14(3)31-17-10-7-15(8-11-17)21(29)24-18-13-16(9-12-19(18)30-4)22-27-28-20(6-2)25-26-23(28)32-22/h7-14H,5-6H2,1-4H3,(H,24,29)/t14-/m1/s1. The van der Waals surface area contributed by atoms with Crippen LogP contribution in [0.2, 0.25) is 0 Å². The van der Waals surface area contributed by atoms with Crippen molar-refractivity contribution >= 4 is 27.9 Å². The minimum Gasteiger partial charge on any atom is -0.495 e. The summed E-state index contributed by atoms with van der Waals surface area (Å²) in [6.07, 6.45) is 1.79. The van der Waals surface area contributed by atoms with Gasteiger partial charge in [-0.2, -0.15) is 9.61 Å². The van der Waals surface area contributed by atoms with Gasteiger partial charge in [-0.05, 0) is 55.8 Å². The summed E-state index contributed by atoms with van der Waals surface area (Å²) in [4.78, 5) is 13.6. The summed E-state index contributed by atoms with van der Waals surface area (Å²) >= 11 is 1.44. The van der Waals surface area contributed by atoms with Crippen LogP contribution in [0.3, 0.4) is 0 Å². The van der Waals surface area contributed by atoms with E-state index in [0.717, 1.165) is 39.9 Å². The van der Waals surface area contributed by atoms with Crippen LogP contribution in [0.5, 0.6) is 11.5 Å².